The smallest absolute Gasteiger partial charge is 0.326 e. The predicted molar refractivity (Wildman–Crippen MR) is 67.5 cm³/mol. The van der Waals surface area contributed by atoms with Gasteiger partial charge in [0.05, 0.1) is 11.9 Å². The molecule has 6 nitrogen and oxygen atoms in total. The van der Waals surface area contributed by atoms with Crippen molar-refractivity contribution >= 4 is 17.7 Å². The van der Waals surface area contributed by atoms with E-state index >= 15 is 0 Å². The van der Waals surface area contributed by atoms with Gasteiger partial charge >= 0.3 is 12.0 Å². The van der Waals surface area contributed by atoms with Crippen molar-refractivity contribution in [1.29, 1.82) is 0 Å². The van der Waals surface area contributed by atoms with Gasteiger partial charge in [0.2, 0.25) is 0 Å². The summed E-state index contributed by atoms with van der Waals surface area (Å²) < 4.78 is 0. The van der Waals surface area contributed by atoms with E-state index < -0.39 is 18.0 Å². The van der Waals surface area contributed by atoms with E-state index in [0.717, 1.165) is 5.56 Å². The summed E-state index contributed by atoms with van der Waals surface area (Å²) in [7, 11) is 0. The maximum absolute atomic E-state index is 11.6. The van der Waals surface area contributed by atoms with Crippen LogP contribution in [0.25, 0.3) is 0 Å². The highest BCUT2D eigenvalue weighted by Crippen LogP contribution is 2.11. The number of pyridine rings is 1. The van der Waals surface area contributed by atoms with Gasteiger partial charge in [-0.3, -0.25) is 4.98 Å². The van der Waals surface area contributed by atoms with E-state index in [1.165, 1.54) is 6.20 Å². The molecule has 0 unspecified atom stereocenters. The number of carboxylic acid groups (broad SMARTS) is 1. The lowest BCUT2D eigenvalue weighted by Gasteiger charge is -2.14. The summed E-state index contributed by atoms with van der Waals surface area (Å²) in [5.41, 5.74) is 1.43. The number of hydrogen-bond donors (Lipinski definition) is 3. The van der Waals surface area contributed by atoms with E-state index in [4.69, 9.17) is 5.11 Å². The third kappa shape index (κ3) is 4.04. The van der Waals surface area contributed by atoms with Crippen LogP contribution in [0.2, 0.25) is 0 Å². The number of urea groups is 1. The van der Waals surface area contributed by atoms with Crippen molar-refractivity contribution < 1.29 is 14.7 Å². The van der Waals surface area contributed by atoms with Gasteiger partial charge in [0.15, 0.2) is 0 Å². The normalized spacial score (nSPS) is 11.7. The average Bonchev–Trinajstić information content (AvgIpc) is 2.31. The van der Waals surface area contributed by atoms with Crippen LogP contribution in [0.4, 0.5) is 10.5 Å². The molecular weight excluding hydrogens is 234 g/mol. The number of rotatable bonds is 5. The lowest BCUT2D eigenvalue weighted by atomic mass is 10.2. The first-order valence-electron chi connectivity index (χ1n) is 5.75. The van der Waals surface area contributed by atoms with Crippen molar-refractivity contribution in [3.05, 3.63) is 24.0 Å². The summed E-state index contributed by atoms with van der Waals surface area (Å²) in [6, 6.07) is 0.356. The maximum Gasteiger partial charge on any atom is 0.326 e. The van der Waals surface area contributed by atoms with Crippen LogP contribution in [0.1, 0.15) is 25.3 Å². The number of carbonyl (C=O) groups is 2. The van der Waals surface area contributed by atoms with Crippen molar-refractivity contribution in [3.63, 3.8) is 0 Å². The molecule has 1 atom stereocenters. The fourth-order valence-electron chi connectivity index (χ4n) is 1.46. The van der Waals surface area contributed by atoms with Gasteiger partial charge in [0.1, 0.15) is 6.04 Å². The van der Waals surface area contributed by atoms with Gasteiger partial charge in [-0.05, 0) is 25.0 Å². The van der Waals surface area contributed by atoms with E-state index in [1.54, 1.807) is 12.3 Å². The first-order valence-corrected chi connectivity index (χ1v) is 5.75. The number of carboxylic acids is 1. The highest BCUT2D eigenvalue weighted by atomic mass is 16.4. The largest absolute Gasteiger partial charge is 0.480 e. The molecule has 1 heterocycles. The molecule has 1 aromatic rings. The highest BCUT2D eigenvalue weighted by molar-refractivity contribution is 5.92. The first-order chi connectivity index (χ1) is 8.54. The molecule has 0 aliphatic heterocycles. The molecule has 0 spiro atoms. The average molecular weight is 251 g/mol. The molecule has 0 bridgehead atoms. The zero-order chi connectivity index (χ0) is 13.5. The number of anilines is 1. The zero-order valence-corrected chi connectivity index (χ0v) is 10.4. The number of nitrogens with one attached hydrogen (secondary N) is 2. The second-order valence-corrected chi connectivity index (χ2v) is 3.97. The number of aryl methyl sites for hydroxylation is 1. The minimum atomic E-state index is -1.03. The minimum absolute atomic E-state index is 0.398. The maximum atomic E-state index is 11.6. The number of nitrogens with zero attached hydrogens (tertiary/aromatic N) is 1. The monoisotopic (exact) mass is 251 g/mol. The van der Waals surface area contributed by atoms with Gasteiger partial charge in [-0.2, -0.15) is 0 Å². The molecule has 0 aliphatic carbocycles. The SMILES string of the molecule is CCC[C@@H](NC(=O)Nc1cnccc1C)C(=O)O. The van der Waals surface area contributed by atoms with Crippen LogP contribution in [0.15, 0.2) is 18.5 Å². The topological polar surface area (TPSA) is 91.3 Å². The van der Waals surface area contributed by atoms with Crippen LogP contribution in [-0.4, -0.2) is 28.1 Å². The number of aromatic nitrogens is 1. The summed E-state index contributed by atoms with van der Waals surface area (Å²) in [6.45, 7) is 3.69. The Kier molecular flexibility index (Phi) is 5.10. The molecule has 3 N–H and O–H groups in total. The third-order valence-corrected chi connectivity index (χ3v) is 2.47. The molecule has 1 aromatic heterocycles. The molecule has 0 fully saturated rings. The Balaban J connectivity index is 2.61. The van der Waals surface area contributed by atoms with Crippen molar-refractivity contribution in [1.82, 2.24) is 10.3 Å². The van der Waals surface area contributed by atoms with Crippen LogP contribution in [-0.2, 0) is 4.79 Å². The summed E-state index contributed by atoms with van der Waals surface area (Å²) in [4.78, 5) is 26.4. The van der Waals surface area contributed by atoms with E-state index in [9.17, 15) is 9.59 Å². The predicted octanol–water partition coefficient (Wildman–Crippen LogP) is 1.76. The number of amides is 2. The molecule has 0 aromatic carbocycles. The lowest BCUT2D eigenvalue weighted by molar-refractivity contribution is -0.139. The van der Waals surface area contributed by atoms with Crippen LogP contribution < -0.4 is 10.6 Å². The van der Waals surface area contributed by atoms with Crippen molar-refractivity contribution in [2.24, 2.45) is 0 Å². The number of aliphatic carboxylic acids is 1. The van der Waals surface area contributed by atoms with Gasteiger partial charge in [0, 0.05) is 6.20 Å². The van der Waals surface area contributed by atoms with E-state index in [0.29, 0.717) is 18.5 Å². The standard InChI is InChI=1S/C12H17N3O3/c1-3-4-9(11(16)17)14-12(18)15-10-7-13-6-5-8(10)2/h5-7,9H,3-4H2,1-2H3,(H,16,17)(H2,14,15,18)/t9-/m1/s1. The lowest BCUT2D eigenvalue weighted by Crippen LogP contribution is -2.43. The van der Waals surface area contributed by atoms with Gasteiger partial charge in [-0.1, -0.05) is 13.3 Å². The molecule has 1 rings (SSSR count). The zero-order valence-electron chi connectivity index (χ0n) is 10.4. The molecule has 0 radical (unpaired) electrons. The fourth-order valence-corrected chi connectivity index (χ4v) is 1.46. The Labute approximate surface area is 105 Å². The fraction of sp³-hybridized carbons (Fsp3) is 0.417. The third-order valence-electron chi connectivity index (χ3n) is 2.47. The summed E-state index contributed by atoms with van der Waals surface area (Å²) in [5.74, 6) is -1.03. The Morgan fingerprint density at radius 3 is 2.78 bits per heavy atom. The molecule has 0 aliphatic rings. The van der Waals surface area contributed by atoms with Crippen molar-refractivity contribution in [2.45, 2.75) is 32.7 Å². The Hall–Kier alpha value is -2.11. The molecular formula is C12H17N3O3. The summed E-state index contributed by atoms with van der Waals surface area (Å²) in [6.07, 6.45) is 4.22. The van der Waals surface area contributed by atoms with Gasteiger partial charge < -0.3 is 15.7 Å². The molecule has 6 heteroatoms. The Morgan fingerprint density at radius 1 is 1.50 bits per heavy atom. The van der Waals surface area contributed by atoms with E-state index in [2.05, 4.69) is 15.6 Å². The van der Waals surface area contributed by atoms with Gasteiger partial charge in [-0.15, -0.1) is 0 Å². The minimum Gasteiger partial charge on any atom is -0.480 e. The first kappa shape index (κ1) is 14.0. The quantitative estimate of drug-likeness (QED) is 0.743. The van der Waals surface area contributed by atoms with E-state index in [1.807, 2.05) is 13.8 Å². The van der Waals surface area contributed by atoms with Crippen molar-refractivity contribution in [3.8, 4) is 0 Å². The molecule has 2 amide bonds. The summed E-state index contributed by atoms with van der Waals surface area (Å²) in [5, 5.41) is 13.9. The Bertz CT molecular complexity index is 434. The van der Waals surface area contributed by atoms with E-state index in [-0.39, 0.29) is 0 Å². The highest BCUT2D eigenvalue weighted by Gasteiger charge is 2.18. The molecule has 0 saturated heterocycles. The van der Waals surface area contributed by atoms with Crippen LogP contribution in [0, 0.1) is 6.92 Å². The second-order valence-electron chi connectivity index (χ2n) is 3.97. The number of hydrogen-bond acceptors (Lipinski definition) is 3. The van der Waals surface area contributed by atoms with Gasteiger partial charge in [0.25, 0.3) is 0 Å². The molecule has 98 valence electrons. The van der Waals surface area contributed by atoms with Crippen molar-refractivity contribution in [2.75, 3.05) is 5.32 Å². The Morgan fingerprint density at radius 2 is 2.22 bits per heavy atom. The van der Waals surface area contributed by atoms with Crippen LogP contribution in [0.3, 0.4) is 0 Å². The van der Waals surface area contributed by atoms with Crippen LogP contribution in [0.5, 0.6) is 0 Å². The molecule has 18 heavy (non-hydrogen) atoms. The number of carbonyl (C=O) groups excluding carboxylic acids is 1. The second kappa shape index (κ2) is 6.58. The summed E-state index contributed by atoms with van der Waals surface area (Å²) >= 11 is 0. The van der Waals surface area contributed by atoms with Gasteiger partial charge in [-0.25, -0.2) is 9.59 Å². The van der Waals surface area contributed by atoms with Crippen LogP contribution >= 0.6 is 0 Å². The molecule has 0 saturated carbocycles.